The maximum Gasteiger partial charge on any atom is 2.00 e. The Labute approximate surface area is 324 Å². The van der Waals surface area contributed by atoms with Gasteiger partial charge in [0.2, 0.25) is 0 Å². The van der Waals surface area contributed by atoms with E-state index in [2.05, 4.69) is 86.9 Å². The summed E-state index contributed by atoms with van der Waals surface area (Å²) in [6, 6.07) is 0. The van der Waals surface area contributed by atoms with Crippen LogP contribution in [0.5, 0.6) is 0 Å². The van der Waals surface area contributed by atoms with E-state index >= 15 is 0 Å². The number of carboxylic acid groups (broad SMARTS) is 1. The number of esters is 1. The van der Waals surface area contributed by atoms with Gasteiger partial charge in [0.1, 0.15) is 22.1 Å². The number of carboxylic acids is 1. The zero-order valence-electron chi connectivity index (χ0n) is 32.6. The topological polar surface area (TPSA) is 75.6 Å². The van der Waals surface area contributed by atoms with Crippen molar-refractivity contribution in [2.75, 3.05) is 5.33 Å². The molecule has 0 rings (SSSR count). The summed E-state index contributed by atoms with van der Waals surface area (Å²) in [6.45, 7) is 41.9. The van der Waals surface area contributed by atoms with Gasteiger partial charge >= 0.3 is 58.0 Å². The first-order valence-corrected chi connectivity index (χ1v) is 22.2. The third-order valence-electron chi connectivity index (χ3n) is 3.86. The van der Waals surface area contributed by atoms with Crippen LogP contribution in [0.25, 0.3) is 0 Å². The maximum absolute atomic E-state index is 11.1. The monoisotopic (exact) mass is 791 g/mol. The largest absolute Gasteiger partial charge is 2.00 e. The first-order valence-electron chi connectivity index (χ1n) is 14.0. The molecule has 0 saturated carbocycles. The molecule has 0 aromatic heterocycles. The smallest absolute Gasteiger partial charge is 1.00 e. The summed E-state index contributed by atoms with van der Waals surface area (Å²) < 4.78 is 8.80. The summed E-state index contributed by atoms with van der Waals surface area (Å²) in [5.41, 5.74) is 2.20. The van der Waals surface area contributed by atoms with E-state index in [4.69, 9.17) is 9.84 Å². The number of nitrogens with one attached hydrogen (secondary N) is 1. The van der Waals surface area contributed by atoms with Crippen molar-refractivity contribution in [3.8, 4) is 0 Å². The molecule has 0 heterocycles. The molecule has 250 valence electrons. The van der Waals surface area contributed by atoms with Crippen molar-refractivity contribution in [1.82, 2.24) is 4.65 Å². The first-order chi connectivity index (χ1) is 17.9. The molecule has 1 atom stereocenters. The average Bonchev–Trinajstić information content (AvgIpc) is 2.71. The minimum absolute atomic E-state index is 0. The predicted octanol–water partition coefficient (Wildman–Crippen LogP) is 6.81. The fraction of sp³-hybridized carbons (Fsp3) is 0.656. The first kappa shape index (κ1) is 62.6. The number of ether oxygens (including phenoxy) is 1. The summed E-state index contributed by atoms with van der Waals surface area (Å²) in [7, 11) is -1.96. The quantitative estimate of drug-likeness (QED) is 0.0635. The molecule has 2 N–H and O–H groups in total. The number of alkyl halides is 1. The van der Waals surface area contributed by atoms with E-state index in [1.807, 2.05) is 40.7 Å². The molecule has 43 heavy (non-hydrogen) atoms. The second-order valence-corrected chi connectivity index (χ2v) is 23.3. The van der Waals surface area contributed by atoms with Gasteiger partial charge < -0.3 is 41.2 Å². The number of halogens is 2. The Morgan fingerprint density at radius 2 is 1.35 bits per heavy atom. The Hall–Kier alpha value is 0.786. The van der Waals surface area contributed by atoms with Crippen LogP contribution in [-0.4, -0.2) is 90.6 Å². The molecule has 0 saturated heterocycles. The second-order valence-electron chi connectivity index (χ2n) is 12.5. The zero-order valence-corrected chi connectivity index (χ0v) is 38.6. The minimum Gasteiger partial charge on any atom is -1.00 e. The van der Waals surface area contributed by atoms with Crippen molar-refractivity contribution in [1.29, 1.82) is 0 Å². The van der Waals surface area contributed by atoms with Crippen LogP contribution in [0, 0.1) is 12.8 Å². The van der Waals surface area contributed by atoms with E-state index in [0.29, 0.717) is 12.0 Å². The molecule has 0 spiro atoms. The molecule has 0 aliphatic carbocycles. The molecule has 11 heteroatoms. The number of rotatable bonds is 10. The summed E-state index contributed by atoms with van der Waals surface area (Å²) in [4.78, 5) is 21.7. The van der Waals surface area contributed by atoms with E-state index < -0.39 is 34.0 Å². The Bertz CT molecular complexity index is 754. The summed E-state index contributed by atoms with van der Waals surface area (Å²) in [5, 5.41) is 9.90. The van der Waals surface area contributed by atoms with Gasteiger partial charge in [0, 0.05) is 11.4 Å². The van der Waals surface area contributed by atoms with Crippen LogP contribution < -0.4 is 21.6 Å². The molecule has 1 unspecified atom stereocenters. The SMILES string of the molecule is C=C(C)C(CC=C(C)C)C(=O)O.C=CC(C)(C)OC(=O)C=C(C)C.CCCBr.C[Si](C)(C)N[Si](C)(C)C.[Br-].[CH2-]CC.[H-].[H-].[Mg+2].[Mg+2]. The molecule has 0 aromatic rings. The molecule has 0 aromatic carbocycles. The van der Waals surface area contributed by atoms with Gasteiger partial charge in [0.25, 0.3) is 0 Å². The van der Waals surface area contributed by atoms with Crippen LogP contribution in [0.1, 0.15) is 84.4 Å². The van der Waals surface area contributed by atoms with E-state index in [1.54, 1.807) is 26.8 Å². The van der Waals surface area contributed by atoms with Crippen LogP contribution in [0.3, 0.4) is 0 Å². The van der Waals surface area contributed by atoms with Crippen molar-refractivity contribution in [3.05, 3.63) is 55.0 Å². The van der Waals surface area contributed by atoms with Crippen LogP contribution >= 0.6 is 15.9 Å². The number of hydrogen-bond acceptors (Lipinski definition) is 4. The van der Waals surface area contributed by atoms with E-state index in [0.717, 1.165) is 22.9 Å². The van der Waals surface area contributed by atoms with Gasteiger partial charge in [-0.15, -0.1) is 0 Å². The van der Waals surface area contributed by atoms with Gasteiger partial charge in [0.05, 0.1) is 5.92 Å². The van der Waals surface area contributed by atoms with Gasteiger partial charge in [-0.1, -0.05) is 105 Å². The maximum atomic E-state index is 11.1. The van der Waals surface area contributed by atoms with E-state index in [9.17, 15) is 9.59 Å². The van der Waals surface area contributed by atoms with Crippen LogP contribution in [0.15, 0.2) is 48.1 Å². The Kier molecular flexibility index (Phi) is 51.9. The Balaban J connectivity index is -0.0000000442. The Morgan fingerprint density at radius 1 is 1.00 bits per heavy atom. The number of allylic oxidation sites excluding steroid dienone is 3. The minimum atomic E-state index is -0.981. The number of carbonyl (C=O) groups excluding carboxylic acids is 1. The summed E-state index contributed by atoms with van der Waals surface area (Å²) >= 11 is 3.25. The number of aliphatic carboxylic acids is 1. The van der Waals surface area contributed by atoms with Crippen molar-refractivity contribution in [2.24, 2.45) is 5.92 Å². The van der Waals surface area contributed by atoms with Crippen molar-refractivity contribution in [3.63, 3.8) is 0 Å². The van der Waals surface area contributed by atoms with Crippen molar-refractivity contribution >= 4 is 90.4 Å². The van der Waals surface area contributed by atoms with Crippen LogP contribution in [0.2, 0.25) is 39.3 Å². The Morgan fingerprint density at radius 3 is 1.51 bits per heavy atom. The predicted molar refractivity (Wildman–Crippen MR) is 203 cm³/mol. The van der Waals surface area contributed by atoms with Gasteiger partial charge in [0.15, 0.2) is 0 Å². The number of hydrogen-bond donors (Lipinski definition) is 2. The molecule has 0 radical (unpaired) electrons. The fourth-order valence-electron chi connectivity index (χ4n) is 2.56. The van der Waals surface area contributed by atoms with Crippen molar-refractivity contribution in [2.45, 2.75) is 126 Å². The van der Waals surface area contributed by atoms with Gasteiger partial charge in [-0.05, 0) is 67.4 Å². The summed E-state index contributed by atoms with van der Waals surface area (Å²) in [5.74, 6) is -1.54. The molecule has 0 amide bonds. The molecule has 0 aliphatic rings. The summed E-state index contributed by atoms with van der Waals surface area (Å²) in [6.07, 6.45) is 7.77. The molecular weight excluding hydrogens is 727 g/mol. The van der Waals surface area contributed by atoms with Crippen LogP contribution in [0.4, 0.5) is 0 Å². The third-order valence-corrected chi connectivity index (χ3v) is 10.6. The van der Waals surface area contributed by atoms with E-state index in [-0.39, 0.29) is 71.9 Å². The molecular formula is C32H67Br2Mg2NO4Si2. The number of carbonyl (C=O) groups is 2. The molecule has 5 nitrogen and oxygen atoms in total. The third kappa shape index (κ3) is 66.2. The standard InChI is InChI=1S/2C10H16O2.C6H19NSi2.C3H7Br.C3H7.BrH.2Mg.2H/c1-7(2)5-6-9(8(3)4)10(11)12;1-6-10(4,5)12-9(11)7-8(2)3;1-8(2,3)7-9(4,5)6;1-2-3-4;1-3-2;;;;;/h5,9H,3,6H2,1-2,4H3,(H,11,12);6-7H,1H2,2-5H3;7H,1-6H3;2-3H2,1H3;1,3H2,2H3;1H;;;;/q;;;;-1;;2*+2;2*-1/p-1. The fourth-order valence-corrected chi connectivity index (χ4v) is 11.6. The van der Waals surface area contributed by atoms with Gasteiger partial charge in [-0.3, -0.25) is 4.79 Å². The van der Waals surface area contributed by atoms with Crippen molar-refractivity contribution < 1.29 is 39.3 Å². The average molecular weight is 794 g/mol. The second kappa shape index (κ2) is 35.6. The molecule has 0 fully saturated rings. The van der Waals surface area contributed by atoms with Gasteiger partial charge in [-0.25, -0.2) is 4.79 Å². The normalized spacial score (nSPS) is 10.3. The zero-order chi connectivity index (χ0) is 33.3. The van der Waals surface area contributed by atoms with Crippen LogP contribution in [-0.2, 0) is 14.3 Å². The molecule has 0 bridgehead atoms. The van der Waals surface area contributed by atoms with E-state index in [1.165, 1.54) is 12.5 Å². The van der Waals surface area contributed by atoms with Gasteiger partial charge in [-0.2, -0.15) is 6.42 Å². The molecule has 0 aliphatic heterocycles.